The van der Waals surface area contributed by atoms with Gasteiger partial charge in [0.15, 0.2) is 6.39 Å². The molecule has 1 N–H and O–H groups in total. The van der Waals surface area contributed by atoms with Crippen LogP contribution in [0, 0.1) is 0 Å². The molecule has 1 atom stereocenters. The Balaban J connectivity index is 1.57. The van der Waals surface area contributed by atoms with E-state index in [9.17, 15) is 4.21 Å². The lowest BCUT2D eigenvalue weighted by Gasteiger charge is -2.21. The molecule has 0 radical (unpaired) electrons. The van der Waals surface area contributed by atoms with Crippen molar-refractivity contribution in [1.82, 2.24) is 10.5 Å². The van der Waals surface area contributed by atoms with Crippen molar-refractivity contribution in [1.29, 1.82) is 0 Å². The van der Waals surface area contributed by atoms with E-state index < -0.39 is 11.1 Å². The smallest absolute Gasteiger partial charge is 0.206 e. The molecule has 21 heavy (non-hydrogen) atoms. The molecule has 1 aromatic heterocycles. The van der Waals surface area contributed by atoms with Gasteiger partial charge in [0.05, 0.1) is 4.90 Å². The van der Waals surface area contributed by atoms with Crippen LogP contribution in [0.5, 0.6) is 0 Å². The number of hydrogen-bond donors (Lipinski definition) is 1. The summed E-state index contributed by atoms with van der Waals surface area (Å²) in [6.07, 6.45) is 8.83. The summed E-state index contributed by atoms with van der Waals surface area (Å²) in [5, 5.41) is 0. The fraction of sp³-hybridized carbons (Fsp3) is 0.400. The number of benzene rings is 1. The summed E-state index contributed by atoms with van der Waals surface area (Å²) in [6, 6.07) is 7.59. The first-order valence-electron chi connectivity index (χ1n) is 7.16. The van der Waals surface area contributed by atoms with Gasteiger partial charge in [-0.3, -0.25) is 0 Å². The number of hydrogen-bond acceptors (Lipinski definition) is 5. The molecule has 0 bridgehead atoms. The third kappa shape index (κ3) is 3.78. The van der Waals surface area contributed by atoms with E-state index in [1.807, 2.05) is 12.1 Å². The molecule has 1 fully saturated rings. The molecule has 1 unspecified atom stereocenters. The molecule has 3 rings (SSSR count). The van der Waals surface area contributed by atoms with Crippen LogP contribution in [0.2, 0.25) is 0 Å². The van der Waals surface area contributed by atoms with E-state index in [0.717, 1.165) is 24.1 Å². The van der Waals surface area contributed by atoms with Crippen molar-refractivity contribution >= 4 is 11.1 Å². The molecule has 1 heterocycles. The van der Waals surface area contributed by atoms with Gasteiger partial charge in [0, 0.05) is 11.6 Å². The van der Waals surface area contributed by atoms with E-state index in [1.54, 1.807) is 18.4 Å². The average Bonchev–Trinajstić information content (AvgIpc) is 3.08. The fourth-order valence-electron chi connectivity index (χ4n) is 2.47. The highest BCUT2D eigenvalue weighted by Crippen LogP contribution is 2.20. The average molecular weight is 306 g/mol. The zero-order valence-electron chi connectivity index (χ0n) is 11.7. The monoisotopic (exact) mass is 306 g/mol. The molecule has 5 nitrogen and oxygen atoms in total. The number of nitrogens with zero attached hydrogens (tertiary/aromatic N) is 1. The van der Waals surface area contributed by atoms with Gasteiger partial charge in [-0.1, -0.05) is 31.4 Å². The second kappa shape index (κ2) is 6.98. The highest BCUT2D eigenvalue weighted by molar-refractivity contribution is 7.80. The first-order valence-corrected chi connectivity index (χ1v) is 8.23. The summed E-state index contributed by atoms with van der Waals surface area (Å²) in [5.41, 5.74) is 4.61. The van der Waals surface area contributed by atoms with Gasteiger partial charge in [0.2, 0.25) is 11.1 Å². The van der Waals surface area contributed by atoms with Crippen LogP contribution in [0.1, 0.15) is 32.1 Å². The van der Waals surface area contributed by atoms with E-state index >= 15 is 0 Å². The number of hydroxylamine groups is 1. The molecule has 0 saturated heterocycles. The lowest BCUT2D eigenvalue weighted by Crippen LogP contribution is -2.31. The van der Waals surface area contributed by atoms with Crippen molar-refractivity contribution < 1.29 is 12.9 Å². The van der Waals surface area contributed by atoms with E-state index in [4.69, 9.17) is 8.70 Å². The van der Waals surface area contributed by atoms with Crippen LogP contribution in [0.3, 0.4) is 0 Å². The highest BCUT2D eigenvalue weighted by atomic mass is 32.2. The van der Waals surface area contributed by atoms with Gasteiger partial charge < -0.3 is 4.42 Å². The topological polar surface area (TPSA) is 64.4 Å². The Bertz CT molecular complexity index is 577. The Kier molecular flexibility index (Phi) is 4.80. The van der Waals surface area contributed by atoms with Gasteiger partial charge in [-0.05, 0) is 25.0 Å². The van der Waals surface area contributed by atoms with Gasteiger partial charge >= 0.3 is 0 Å². The van der Waals surface area contributed by atoms with Gasteiger partial charge in [-0.25, -0.2) is 9.19 Å². The maximum atomic E-state index is 12.1. The van der Waals surface area contributed by atoms with Gasteiger partial charge in [0.1, 0.15) is 12.0 Å². The Hall–Kier alpha value is -1.50. The van der Waals surface area contributed by atoms with Gasteiger partial charge in [-0.15, -0.1) is 0 Å². The lowest BCUT2D eigenvalue weighted by molar-refractivity contribution is 0.151. The number of rotatable bonds is 5. The maximum Gasteiger partial charge on any atom is 0.206 e. The van der Waals surface area contributed by atoms with Crippen molar-refractivity contribution in [2.75, 3.05) is 0 Å². The highest BCUT2D eigenvalue weighted by Gasteiger charge is 2.15. The van der Waals surface area contributed by atoms with E-state index in [0.29, 0.717) is 10.9 Å². The molecule has 6 heteroatoms. The van der Waals surface area contributed by atoms with E-state index in [-0.39, 0.29) is 0 Å². The Morgan fingerprint density at radius 2 is 1.95 bits per heavy atom. The molecule has 2 aromatic rings. The molecular formula is C15H18N2O3S. The standard InChI is InChI=1S/C15H18N2O3S/c18-21(20-17-13-4-2-1-3-5-13)14-8-6-12(7-9-14)15-10-19-11-16-15/h6-11,13,17H,1-5H2. The Morgan fingerprint density at radius 1 is 1.19 bits per heavy atom. The summed E-state index contributed by atoms with van der Waals surface area (Å²) in [7, 11) is 0. The van der Waals surface area contributed by atoms with Crippen LogP contribution in [0.25, 0.3) is 11.3 Å². The summed E-state index contributed by atoms with van der Waals surface area (Å²) >= 11 is -1.50. The second-order valence-corrected chi connectivity index (χ2v) is 6.28. The number of nitrogens with one attached hydrogen (secondary N) is 1. The first-order chi connectivity index (χ1) is 10.3. The number of oxazole rings is 1. The second-order valence-electron chi connectivity index (χ2n) is 5.17. The predicted molar refractivity (Wildman–Crippen MR) is 79.4 cm³/mol. The molecular weight excluding hydrogens is 288 g/mol. The first kappa shape index (κ1) is 14.4. The van der Waals surface area contributed by atoms with Crippen molar-refractivity contribution in [3.63, 3.8) is 0 Å². The van der Waals surface area contributed by atoms with Crippen molar-refractivity contribution in [2.45, 2.75) is 43.0 Å². The van der Waals surface area contributed by atoms with Crippen LogP contribution in [0.4, 0.5) is 0 Å². The van der Waals surface area contributed by atoms with Crippen LogP contribution in [-0.2, 0) is 15.4 Å². The zero-order valence-corrected chi connectivity index (χ0v) is 12.5. The Morgan fingerprint density at radius 3 is 2.62 bits per heavy atom. The summed E-state index contributed by atoms with van der Waals surface area (Å²) < 4.78 is 22.3. The third-order valence-corrected chi connectivity index (χ3v) is 4.58. The molecule has 1 aliphatic carbocycles. The Labute approximate surface area is 126 Å². The minimum atomic E-state index is -1.50. The van der Waals surface area contributed by atoms with Crippen LogP contribution in [-0.4, -0.2) is 15.2 Å². The summed E-state index contributed by atoms with van der Waals surface area (Å²) in [6.45, 7) is 0. The van der Waals surface area contributed by atoms with Crippen LogP contribution < -0.4 is 5.48 Å². The van der Waals surface area contributed by atoms with E-state index in [1.165, 1.54) is 25.7 Å². The van der Waals surface area contributed by atoms with Crippen LogP contribution in [0.15, 0.2) is 46.2 Å². The molecule has 1 aliphatic rings. The minimum Gasteiger partial charge on any atom is -0.451 e. The predicted octanol–water partition coefficient (Wildman–Crippen LogP) is 3.22. The van der Waals surface area contributed by atoms with E-state index in [2.05, 4.69) is 10.5 Å². The SMILES string of the molecule is O=S(ONC1CCCCC1)c1ccc(-c2cocn2)cc1. The van der Waals surface area contributed by atoms with Crippen molar-refractivity contribution in [3.05, 3.63) is 36.9 Å². The summed E-state index contributed by atoms with van der Waals surface area (Å²) in [4.78, 5) is 4.70. The molecule has 1 aromatic carbocycles. The number of aromatic nitrogens is 1. The normalized spacial score (nSPS) is 17.7. The summed E-state index contributed by atoms with van der Waals surface area (Å²) in [5.74, 6) is 0. The largest absolute Gasteiger partial charge is 0.451 e. The molecule has 0 spiro atoms. The maximum absolute atomic E-state index is 12.1. The molecule has 0 aliphatic heterocycles. The lowest BCUT2D eigenvalue weighted by atomic mass is 9.96. The van der Waals surface area contributed by atoms with Gasteiger partial charge in [0.25, 0.3) is 0 Å². The zero-order chi connectivity index (χ0) is 14.5. The molecule has 1 saturated carbocycles. The third-order valence-electron chi connectivity index (χ3n) is 3.67. The van der Waals surface area contributed by atoms with Gasteiger partial charge in [-0.2, -0.15) is 9.76 Å². The fourth-order valence-corrected chi connectivity index (χ4v) is 3.15. The quantitative estimate of drug-likeness (QED) is 0.859. The molecule has 112 valence electrons. The molecule has 0 amide bonds. The van der Waals surface area contributed by atoms with Crippen LogP contribution >= 0.6 is 0 Å². The minimum absolute atomic E-state index is 0.317. The van der Waals surface area contributed by atoms with Crippen molar-refractivity contribution in [3.8, 4) is 11.3 Å². The van der Waals surface area contributed by atoms with Crippen molar-refractivity contribution in [2.24, 2.45) is 0 Å².